The third-order valence-corrected chi connectivity index (χ3v) is 5.43. The predicted octanol–water partition coefficient (Wildman–Crippen LogP) is 4.19. The summed E-state index contributed by atoms with van der Waals surface area (Å²) in [6.07, 6.45) is 3.61. The lowest BCUT2D eigenvalue weighted by Crippen LogP contribution is -2.37. The number of fused-ring (bicyclic) bond motifs is 4. The van der Waals surface area contributed by atoms with Gasteiger partial charge in [-0.15, -0.1) is 0 Å². The summed E-state index contributed by atoms with van der Waals surface area (Å²) in [6.45, 7) is 0.609. The molecule has 2 aromatic carbocycles. The Bertz CT molecular complexity index is 881. The maximum Gasteiger partial charge on any atom is 0.261 e. The number of carbonyl (C=O) groups is 1. The molecule has 6 heteroatoms. The van der Waals surface area contributed by atoms with E-state index < -0.39 is 0 Å². The number of hydrogen-bond acceptors (Lipinski definition) is 4. The number of hydrogen-bond donors (Lipinski definition) is 0. The number of carbonyl (C=O) groups excluding carboxylic acids is 1. The minimum Gasteiger partial charge on any atom is -0.493 e. The monoisotopic (exact) mass is 462 g/mol. The Kier molecular flexibility index (Phi) is 4.84. The third-order valence-electron chi connectivity index (χ3n) is 4.66. The highest BCUT2D eigenvalue weighted by Gasteiger charge is 2.36. The SMILES string of the molecule is COc1cc2c(cc1OCCCI)N=CC1Cc3ccccc3N1C2=O. The second-order valence-electron chi connectivity index (χ2n) is 6.26. The molecule has 1 amide bonds. The molecule has 0 radical (unpaired) electrons. The van der Waals surface area contributed by atoms with Crippen LogP contribution in [-0.2, 0) is 6.42 Å². The highest BCUT2D eigenvalue weighted by Crippen LogP contribution is 2.40. The Morgan fingerprint density at radius 3 is 2.92 bits per heavy atom. The zero-order chi connectivity index (χ0) is 18.1. The number of halogens is 1. The van der Waals surface area contributed by atoms with Crippen LogP contribution >= 0.6 is 22.6 Å². The molecule has 0 aliphatic carbocycles. The lowest BCUT2D eigenvalue weighted by atomic mass is 10.1. The summed E-state index contributed by atoms with van der Waals surface area (Å²) in [7, 11) is 1.59. The first-order chi connectivity index (χ1) is 12.7. The molecule has 1 unspecified atom stereocenters. The van der Waals surface area contributed by atoms with Crippen molar-refractivity contribution in [2.75, 3.05) is 23.0 Å². The van der Waals surface area contributed by atoms with Crippen molar-refractivity contribution in [3.63, 3.8) is 0 Å². The number of amides is 1. The number of ether oxygens (including phenoxy) is 2. The number of nitrogens with zero attached hydrogens (tertiary/aromatic N) is 2. The second kappa shape index (κ2) is 7.26. The van der Waals surface area contributed by atoms with Gasteiger partial charge in [-0.1, -0.05) is 40.8 Å². The minimum absolute atomic E-state index is 0.0513. The van der Waals surface area contributed by atoms with Crippen LogP contribution in [0.15, 0.2) is 41.4 Å². The van der Waals surface area contributed by atoms with Crippen molar-refractivity contribution >= 4 is 46.1 Å². The van der Waals surface area contributed by atoms with Gasteiger partial charge in [-0.05, 0) is 24.1 Å². The van der Waals surface area contributed by atoms with Gasteiger partial charge in [-0.3, -0.25) is 14.7 Å². The highest BCUT2D eigenvalue weighted by atomic mass is 127. The van der Waals surface area contributed by atoms with Gasteiger partial charge in [0, 0.05) is 28.8 Å². The molecule has 0 aromatic heterocycles. The molecule has 134 valence electrons. The van der Waals surface area contributed by atoms with Gasteiger partial charge in [-0.2, -0.15) is 0 Å². The van der Waals surface area contributed by atoms with Crippen LogP contribution in [0.4, 0.5) is 11.4 Å². The van der Waals surface area contributed by atoms with E-state index in [0.29, 0.717) is 29.4 Å². The standard InChI is InChI=1S/C20H19IN2O3/c1-25-18-10-15-16(11-19(18)26-8-4-7-21)22-12-14-9-13-5-2-3-6-17(13)23(14)20(15)24/h2-3,5-6,10-12,14H,4,7-9H2,1H3. The maximum absolute atomic E-state index is 13.3. The topological polar surface area (TPSA) is 51.1 Å². The number of benzene rings is 2. The number of alkyl halides is 1. The minimum atomic E-state index is -0.0540. The molecule has 0 spiro atoms. The van der Waals surface area contributed by atoms with Crippen LogP contribution in [0.5, 0.6) is 11.5 Å². The molecule has 26 heavy (non-hydrogen) atoms. The summed E-state index contributed by atoms with van der Waals surface area (Å²) in [5, 5.41) is 0. The number of anilines is 1. The van der Waals surface area contributed by atoms with Crippen molar-refractivity contribution in [1.29, 1.82) is 0 Å². The second-order valence-corrected chi connectivity index (χ2v) is 7.34. The molecule has 0 bridgehead atoms. The van der Waals surface area contributed by atoms with E-state index in [1.165, 1.54) is 5.56 Å². The first-order valence-electron chi connectivity index (χ1n) is 8.59. The molecule has 2 aliphatic rings. The van der Waals surface area contributed by atoms with Crippen LogP contribution in [0.1, 0.15) is 22.3 Å². The molecular formula is C20H19IN2O3. The van der Waals surface area contributed by atoms with Crippen LogP contribution in [0.3, 0.4) is 0 Å². The van der Waals surface area contributed by atoms with Gasteiger partial charge in [0.1, 0.15) is 0 Å². The van der Waals surface area contributed by atoms with Crippen molar-refractivity contribution in [2.45, 2.75) is 18.9 Å². The number of para-hydroxylation sites is 1. The molecule has 5 nitrogen and oxygen atoms in total. The van der Waals surface area contributed by atoms with Crippen molar-refractivity contribution in [2.24, 2.45) is 4.99 Å². The summed E-state index contributed by atoms with van der Waals surface area (Å²) in [6, 6.07) is 11.5. The summed E-state index contributed by atoms with van der Waals surface area (Å²) in [5.41, 5.74) is 3.31. The van der Waals surface area contributed by atoms with Crippen molar-refractivity contribution < 1.29 is 14.3 Å². The molecule has 0 saturated heterocycles. The number of rotatable bonds is 5. The van der Waals surface area contributed by atoms with Crippen LogP contribution in [-0.4, -0.2) is 36.3 Å². The van der Waals surface area contributed by atoms with E-state index >= 15 is 0 Å². The first kappa shape index (κ1) is 17.3. The van der Waals surface area contributed by atoms with E-state index in [0.717, 1.165) is 23.0 Å². The van der Waals surface area contributed by atoms with Crippen molar-refractivity contribution in [3.8, 4) is 11.5 Å². The van der Waals surface area contributed by atoms with Crippen LogP contribution in [0, 0.1) is 0 Å². The number of methoxy groups -OCH3 is 1. The third kappa shape index (κ3) is 2.96. The van der Waals surface area contributed by atoms with E-state index in [-0.39, 0.29) is 11.9 Å². The van der Waals surface area contributed by atoms with E-state index in [1.807, 2.05) is 35.4 Å². The van der Waals surface area contributed by atoms with E-state index in [2.05, 4.69) is 33.6 Å². The molecule has 2 heterocycles. The molecule has 4 rings (SSSR count). The van der Waals surface area contributed by atoms with Crippen LogP contribution in [0.25, 0.3) is 0 Å². The number of aliphatic imine (C=N–C) groups is 1. The zero-order valence-electron chi connectivity index (χ0n) is 14.4. The normalized spacial score (nSPS) is 17.4. The van der Waals surface area contributed by atoms with Crippen LogP contribution in [0.2, 0.25) is 0 Å². The van der Waals surface area contributed by atoms with Gasteiger partial charge >= 0.3 is 0 Å². The highest BCUT2D eigenvalue weighted by molar-refractivity contribution is 14.1. The summed E-state index contributed by atoms with van der Waals surface area (Å²) in [4.78, 5) is 19.7. The van der Waals surface area contributed by atoms with Crippen molar-refractivity contribution in [3.05, 3.63) is 47.5 Å². The van der Waals surface area contributed by atoms with Gasteiger partial charge < -0.3 is 9.47 Å². The smallest absolute Gasteiger partial charge is 0.261 e. The van der Waals surface area contributed by atoms with E-state index in [1.54, 1.807) is 13.2 Å². The fourth-order valence-electron chi connectivity index (χ4n) is 3.43. The lowest BCUT2D eigenvalue weighted by molar-refractivity contribution is 0.0986. The van der Waals surface area contributed by atoms with E-state index in [4.69, 9.17) is 9.47 Å². The van der Waals surface area contributed by atoms with Crippen molar-refractivity contribution in [1.82, 2.24) is 0 Å². The summed E-state index contributed by atoms with van der Waals surface area (Å²) < 4.78 is 12.3. The van der Waals surface area contributed by atoms with Gasteiger partial charge in [0.15, 0.2) is 11.5 Å². The predicted molar refractivity (Wildman–Crippen MR) is 111 cm³/mol. The lowest BCUT2D eigenvalue weighted by Gasteiger charge is -2.22. The van der Waals surface area contributed by atoms with E-state index in [9.17, 15) is 4.79 Å². The molecule has 2 aliphatic heterocycles. The Morgan fingerprint density at radius 2 is 2.12 bits per heavy atom. The Morgan fingerprint density at radius 1 is 1.27 bits per heavy atom. The van der Waals surface area contributed by atoms with Crippen LogP contribution < -0.4 is 14.4 Å². The molecule has 0 saturated carbocycles. The van der Waals surface area contributed by atoms with Gasteiger partial charge in [0.05, 0.1) is 31.0 Å². The largest absolute Gasteiger partial charge is 0.493 e. The van der Waals surface area contributed by atoms with Gasteiger partial charge in [0.25, 0.3) is 5.91 Å². The zero-order valence-corrected chi connectivity index (χ0v) is 16.6. The Hall–Kier alpha value is -2.09. The maximum atomic E-state index is 13.3. The fraction of sp³-hybridized carbons (Fsp3) is 0.300. The average molecular weight is 462 g/mol. The molecule has 1 atom stereocenters. The summed E-state index contributed by atoms with van der Waals surface area (Å²) in [5.74, 6) is 1.14. The fourth-order valence-corrected chi connectivity index (χ4v) is 3.74. The Labute approximate surface area is 166 Å². The summed E-state index contributed by atoms with van der Waals surface area (Å²) >= 11 is 2.32. The Balaban J connectivity index is 1.74. The molecular weight excluding hydrogens is 443 g/mol. The molecule has 0 fully saturated rings. The molecule has 0 N–H and O–H groups in total. The quantitative estimate of drug-likeness (QED) is 0.381. The first-order valence-corrected chi connectivity index (χ1v) is 10.1. The average Bonchev–Trinajstić information content (AvgIpc) is 2.98. The van der Waals surface area contributed by atoms with Gasteiger partial charge in [0.2, 0.25) is 0 Å². The van der Waals surface area contributed by atoms with Gasteiger partial charge in [-0.25, -0.2) is 0 Å². The molecule has 2 aromatic rings.